The highest BCUT2D eigenvalue weighted by Gasteiger charge is 2.20. The first-order valence-corrected chi connectivity index (χ1v) is 7.20. The Bertz CT molecular complexity index is 481. The van der Waals surface area contributed by atoms with Gasteiger partial charge in [-0.05, 0) is 38.8 Å². The van der Waals surface area contributed by atoms with Gasteiger partial charge in [-0.1, -0.05) is 6.42 Å². The van der Waals surface area contributed by atoms with Crippen LogP contribution in [0.3, 0.4) is 0 Å². The molecule has 2 rings (SSSR count). The SMILES string of the molecule is Cc1ccc([C@@H](C)NC(=O)CN2CCCCCC2=O)o1. The molecule has 0 bridgehead atoms. The second-order valence-corrected chi connectivity index (χ2v) is 5.36. The van der Waals surface area contributed by atoms with Gasteiger partial charge in [0.2, 0.25) is 11.8 Å². The predicted molar refractivity (Wildman–Crippen MR) is 75.1 cm³/mol. The smallest absolute Gasteiger partial charge is 0.240 e. The molecule has 5 nitrogen and oxygen atoms in total. The van der Waals surface area contributed by atoms with Crippen LogP contribution in [0.4, 0.5) is 0 Å². The van der Waals surface area contributed by atoms with Crippen LogP contribution in [0.5, 0.6) is 0 Å². The molecule has 0 aromatic carbocycles. The van der Waals surface area contributed by atoms with Crippen LogP contribution in [0.15, 0.2) is 16.5 Å². The largest absolute Gasteiger partial charge is 0.464 e. The van der Waals surface area contributed by atoms with E-state index >= 15 is 0 Å². The van der Waals surface area contributed by atoms with Crippen LogP contribution in [0.1, 0.15) is 50.2 Å². The van der Waals surface area contributed by atoms with Gasteiger partial charge in [-0.15, -0.1) is 0 Å². The van der Waals surface area contributed by atoms with Crippen LogP contribution < -0.4 is 5.32 Å². The Morgan fingerprint density at radius 3 is 2.90 bits per heavy atom. The predicted octanol–water partition coefficient (Wildman–Crippen LogP) is 2.17. The van der Waals surface area contributed by atoms with Gasteiger partial charge < -0.3 is 14.6 Å². The molecule has 0 saturated carbocycles. The maximum atomic E-state index is 12.0. The lowest BCUT2D eigenvalue weighted by Crippen LogP contribution is -2.41. The van der Waals surface area contributed by atoms with E-state index in [0.717, 1.165) is 30.8 Å². The van der Waals surface area contributed by atoms with Crippen LogP contribution in [-0.4, -0.2) is 29.8 Å². The maximum Gasteiger partial charge on any atom is 0.240 e. The summed E-state index contributed by atoms with van der Waals surface area (Å²) in [5.74, 6) is 1.50. The molecule has 2 amide bonds. The van der Waals surface area contributed by atoms with E-state index in [1.54, 1.807) is 4.90 Å². The van der Waals surface area contributed by atoms with Gasteiger partial charge >= 0.3 is 0 Å². The first-order valence-electron chi connectivity index (χ1n) is 7.20. The molecule has 1 saturated heterocycles. The van der Waals surface area contributed by atoms with Crippen molar-refractivity contribution in [3.05, 3.63) is 23.7 Å². The third kappa shape index (κ3) is 3.85. The van der Waals surface area contributed by atoms with Crippen molar-refractivity contribution in [2.24, 2.45) is 0 Å². The number of hydrogen-bond acceptors (Lipinski definition) is 3. The molecular formula is C15H22N2O3. The minimum absolute atomic E-state index is 0.0825. The van der Waals surface area contributed by atoms with Crippen LogP contribution in [0.2, 0.25) is 0 Å². The first kappa shape index (κ1) is 14.6. The summed E-state index contributed by atoms with van der Waals surface area (Å²) in [5.41, 5.74) is 0. The fourth-order valence-corrected chi connectivity index (χ4v) is 2.42. The average Bonchev–Trinajstić information content (AvgIpc) is 2.73. The van der Waals surface area contributed by atoms with Gasteiger partial charge in [-0.25, -0.2) is 0 Å². The molecule has 1 N–H and O–H groups in total. The Kier molecular flexibility index (Phi) is 4.82. The lowest BCUT2D eigenvalue weighted by molar-refractivity contribution is -0.135. The molecule has 0 unspecified atom stereocenters. The number of likely N-dealkylation sites (tertiary alicyclic amines) is 1. The molecule has 1 aromatic rings. The van der Waals surface area contributed by atoms with Crippen molar-refractivity contribution in [1.82, 2.24) is 10.2 Å². The molecule has 1 atom stereocenters. The summed E-state index contributed by atoms with van der Waals surface area (Å²) < 4.78 is 5.48. The third-order valence-corrected chi connectivity index (χ3v) is 3.57. The number of aryl methyl sites for hydroxylation is 1. The van der Waals surface area contributed by atoms with E-state index < -0.39 is 0 Å². The van der Waals surface area contributed by atoms with Crippen LogP contribution in [-0.2, 0) is 9.59 Å². The average molecular weight is 278 g/mol. The molecule has 20 heavy (non-hydrogen) atoms. The number of amides is 2. The fourth-order valence-electron chi connectivity index (χ4n) is 2.42. The maximum absolute atomic E-state index is 12.0. The monoisotopic (exact) mass is 278 g/mol. The van der Waals surface area contributed by atoms with Gasteiger partial charge in [-0.3, -0.25) is 9.59 Å². The number of rotatable bonds is 4. The molecule has 2 heterocycles. The molecule has 0 spiro atoms. The molecule has 0 radical (unpaired) electrons. The minimum atomic E-state index is -0.182. The summed E-state index contributed by atoms with van der Waals surface area (Å²) in [6.45, 7) is 4.57. The standard InChI is InChI=1S/C15H22N2O3/c1-11-7-8-13(20-11)12(2)16-14(18)10-17-9-5-3-4-6-15(17)19/h7-8,12H,3-6,9-10H2,1-2H3,(H,16,18)/t12-/m1/s1. The number of carbonyl (C=O) groups is 2. The second kappa shape index (κ2) is 6.59. The molecule has 1 aromatic heterocycles. The van der Waals surface area contributed by atoms with E-state index in [4.69, 9.17) is 4.42 Å². The fraction of sp³-hybridized carbons (Fsp3) is 0.600. The van der Waals surface area contributed by atoms with Crippen LogP contribution >= 0.6 is 0 Å². The topological polar surface area (TPSA) is 62.6 Å². The van der Waals surface area contributed by atoms with E-state index in [9.17, 15) is 9.59 Å². The zero-order valence-electron chi connectivity index (χ0n) is 12.1. The van der Waals surface area contributed by atoms with E-state index in [0.29, 0.717) is 13.0 Å². The number of nitrogens with zero attached hydrogens (tertiary/aromatic N) is 1. The lowest BCUT2D eigenvalue weighted by atomic mass is 10.2. The first-order chi connectivity index (χ1) is 9.56. The highest BCUT2D eigenvalue weighted by Crippen LogP contribution is 2.16. The molecule has 1 fully saturated rings. The normalized spacial score (nSPS) is 17.7. The van der Waals surface area contributed by atoms with Crippen molar-refractivity contribution in [3.8, 4) is 0 Å². The molecule has 0 aliphatic carbocycles. The summed E-state index contributed by atoms with van der Waals surface area (Å²) in [5, 5.41) is 2.87. The van der Waals surface area contributed by atoms with Crippen molar-refractivity contribution in [3.63, 3.8) is 0 Å². The number of carbonyl (C=O) groups excluding carboxylic acids is 2. The number of nitrogens with one attached hydrogen (secondary N) is 1. The third-order valence-electron chi connectivity index (χ3n) is 3.57. The Balaban J connectivity index is 1.86. The summed E-state index contributed by atoms with van der Waals surface area (Å²) in [6.07, 6.45) is 3.52. The van der Waals surface area contributed by atoms with Gasteiger partial charge in [0.05, 0.1) is 12.6 Å². The number of hydrogen-bond donors (Lipinski definition) is 1. The number of furan rings is 1. The molecule has 110 valence electrons. The highest BCUT2D eigenvalue weighted by molar-refractivity contribution is 5.85. The Labute approximate surface area is 119 Å². The summed E-state index contributed by atoms with van der Waals surface area (Å²) in [6, 6.07) is 3.55. The second-order valence-electron chi connectivity index (χ2n) is 5.36. The van der Waals surface area contributed by atoms with Gasteiger partial charge in [0, 0.05) is 13.0 Å². The van der Waals surface area contributed by atoms with E-state index in [-0.39, 0.29) is 24.4 Å². The van der Waals surface area contributed by atoms with Crippen molar-refractivity contribution in [1.29, 1.82) is 0 Å². The molecule has 1 aliphatic heterocycles. The van der Waals surface area contributed by atoms with Gasteiger partial charge in [-0.2, -0.15) is 0 Å². The summed E-state index contributed by atoms with van der Waals surface area (Å²) in [4.78, 5) is 25.5. The van der Waals surface area contributed by atoms with E-state index in [2.05, 4.69) is 5.32 Å². The van der Waals surface area contributed by atoms with Crippen molar-refractivity contribution in [2.75, 3.05) is 13.1 Å². The molecular weight excluding hydrogens is 256 g/mol. The van der Waals surface area contributed by atoms with Crippen LogP contribution in [0, 0.1) is 6.92 Å². The summed E-state index contributed by atoms with van der Waals surface area (Å²) in [7, 11) is 0. The van der Waals surface area contributed by atoms with E-state index in [1.165, 1.54) is 0 Å². The van der Waals surface area contributed by atoms with Gasteiger partial charge in [0.1, 0.15) is 11.5 Å². The molecule has 1 aliphatic rings. The van der Waals surface area contributed by atoms with Crippen molar-refractivity contribution < 1.29 is 14.0 Å². The zero-order valence-corrected chi connectivity index (χ0v) is 12.1. The van der Waals surface area contributed by atoms with Crippen molar-refractivity contribution in [2.45, 2.75) is 45.6 Å². The minimum Gasteiger partial charge on any atom is -0.464 e. The van der Waals surface area contributed by atoms with Crippen molar-refractivity contribution >= 4 is 11.8 Å². The van der Waals surface area contributed by atoms with Crippen LogP contribution in [0.25, 0.3) is 0 Å². The van der Waals surface area contributed by atoms with Gasteiger partial charge in [0.25, 0.3) is 0 Å². The Morgan fingerprint density at radius 1 is 1.40 bits per heavy atom. The molecule has 5 heteroatoms. The highest BCUT2D eigenvalue weighted by atomic mass is 16.3. The quantitative estimate of drug-likeness (QED) is 0.918. The lowest BCUT2D eigenvalue weighted by Gasteiger charge is -2.21. The Morgan fingerprint density at radius 2 is 2.20 bits per heavy atom. The Hall–Kier alpha value is -1.78. The van der Waals surface area contributed by atoms with Gasteiger partial charge in [0.15, 0.2) is 0 Å². The zero-order chi connectivity index (χ0) is 14.5. The summed E-state index contributed by atoms with van der Waals surface area (Å²) >= 11 is 0. The van der Waals surface area contributed by atoms with E-state index in [1.807, 2.05) is 26.0 Å².